The predicted molar refractivity (Wildman–Crippen MR) is 80.7 cm³/mol. The molecule has 0 spiro atoms. The van der Waals surface area contributed by atoms with Crippen LogP contribution in [0.2, 0.25) is 0 Å². The van der Waals surface area contributed by atoms with Gasteiger partial charge in [0.15, 0.2) is 0 Å². The Bertz CT molecular complexity index is 373. The van der Waals surface area contributed by atoms with Crippen molar-refractivity contribution in [3.8, 4) is 0 Å². The summed E-state index contributed by atoms with van der Waals surface area (Å²) in [5.74, 6) is 1.16. The van der Waals surface area contributed by atoms with E-state index in [9.17, 15) is 0 Å². The molecule has 1 aromatic heterocycles. The van der Waals surface area contributed by atoms with Gasteiger partial charge in [0.1, 0.15) is 5.82 Å². The van der Waals surface area contributed by atoms with E-state index in [4.69, 9.17) is 4.98 Å². The third-order valence-electron chi connectivity index (χ3n) is 3.64. The topological polar surface area (TPSA) is 31.4 Å². The number of anilines is 1. The summed E-state index contributed by atoms with van der Waals surface area (Å²) in [6, 6.07) is 4.47. The van der Waals surface area contributed by atoms with Crippen LogP contribution in [0.3, 0.4) is 0 Å². The predicted octanol–water partition coefficient (Wildman–Crippen LogP) is 1.51. The van der Waals surface area contributed by atoms with Crippen molar-refractivity contribution in [2.45, 2.75) is 26.3 Å². The van der Waals surface area contributed by atoms with Crippen molar-refractivity contribution in [3.05, 3.63) is 23.4 Å². The summed E-state index contributed by atoms with van der Waals surface area (Å²) in [5.41, 5.74) is 2.57. The van der Waals surface area contributed by atoms with E-state index in [1.54, 1.807) is 0 Å². The molecule has 0 atom stereocenters. The van der Waals surface area contributed by atoms with E-state index in [1.165, 1.54) is 11.3 Å². The number of pyridine rings is 1. The molecule has 0 amide bonds. The maximum absolute atomic E-state index is 4.83. The normalized spacial score (nSPS) is 16.9. The van der Waals surface area contributed by atoms with Gasteiger partial charge in [-0.15, -0.1) is 0 Å². The van der Waals surface area contributed by atoms with E-state index < -0.39 is 0 Å². The van der Waals surface area contributed by atoms with E-state index in [0.717, 1.165) is 51.4 Å². The van der Waals surface area contributed by atoms with Gasteiger partial charge in [-0.05, 0) is 38.2 Å². The third-order valence-corrected chi connectivity index (χ3v) is 3.64. The fourth-order valence-corrected chi connectivity index (χ4v) is 2.52. The smallest absolute Gasteiger partial charge is 0.129 e. The maximum Gasteiger partial charge on any atom is 0.129 e. The third kappa shape index (κ3) is 3.91. The minimum absolute atomic E-state index is 0.917. The van der Waals surface area contributed by atoms with Gasteiger partial charge in [0.2, 0.25) is 0 Å². The van der Waals surface area contributed by atoms with Crippen molar-refractivity contribution in [1.82, 2.24) is 15.2 Å². The number of nitrogens with zero attached hydrogens (tertiary/aromatic N) is 3. The first-order valence-corrected chi connectivity index (χ1v) is 7.31. The highest BCUT2D eigenvalue weighted by Crippen LogP contribution is 2.18. The van der Waals surface area contributed by atoms with Gasteiger partial charge < -0.3 is 15.1 Å². The Labute approximate surface area is 116 Å². The Hall–Kier alpha value is -1.13. The number of likely N-dealkylation sites (N-methyl/N-ethyl adjacent to an activating group) is 1. The summed E-state index contributed by atoms with van der Waals surface area (Å²) in [6.07, 6.45) is 2.22. The number of aryl methyl sites for hydroxylation is 1. The van der Waals surface area contributed by atoms with E-state index >= 15 is 0 Å². The average molecular weight is 262 g/mol. The highest BCUT2D eigenvalue weighted by atomic mass is 15.3. The van der Waals surface area contributed by atoms with Crippen LogP contribution in [-0.2, 0) is 13.0 Å². The Balaban J connectivity index is 2.17. The van der Waals surface area contributed by atoms with E-state index in [0.29, 0.717) is 0 Å². The van der Waals surface area contributed by atoms with Gasteiger partial charge in [0.05, 0.1) is 0 Å². The summed E-state index contributed by atoms with van der Waals surface area (Å²) >= 11 is 0. The molecule has 1 aliphatic heterocycles. The quantitative estimate of drug-likeness (QED) is 0.871. The van der Waals surface area contributed by atoms with Crippen LogP contribution >= 0.6 is 0 Å². The molecule has 0 bridgehead atoms. The minimum Gasteiger partial charge on any atom is -0.354 e. The molecule has 4 heteroatoms. The fraction of sp³-hybridized carbons (Fsp3) is 0.667. The molecule has 106 valence electrons. The molecule has 0 aliphatic carbocycles. The van der Waals surface area contributed by atoms with Crippen molar-refractivity contribution >= 4 is 5.82 Å². The molecule has 0 aromatic carbocycles. The summed E-state index contributed by atoms with van der Waals surface area (Å²) in [7, 11) is 4.18. The van der Waals surface area contributed by atoms with Crippen LogP contribution in [0.25, 0.3) is 0 Å². The number of hydrogen-bond acceptors (Lipinski definition) is 4. The summed E-state index contributed by atoms with van der Waals surface area (Å²) in [4.78, 5) is 9.62. The highest BCUT2D eigenvalue weighted by Gasteiger charge is 2.16. The molecule has 4 nitrogen and oxygen atoms in total. The standard InChI is InChI=1S/C15H26N4/c1-4-5-14-10-13(12-16-2)11-15(17-14)19-8-6-18(3)7-9-19/h10-11,16H,4-9,12H2,1-3H3. The van der Waals surface area contributed by atoms with Crippen LogP contribution in [0.5, 0.6) is 0 Å². The van der Waals surface area contributed by atoms with Crippen LogP contribution in [-0.4, -0.2) is 50.2 Å². The fourth-order valence-electron chi connectivity index (χ4n) is 2.52. The van der Waals surface area contributed by atoms with Crippen LogP contribution in [0.15, 0.2) is 12.1 Å². The van der Waals surface area contributed by atoms with Crippen molar-refractivity contribution < 1.29 is 0 Å². The number of rotatable bonds is 5. The summed E-state index contributed by atoms with van der Waals surface area (Å²) in [6.45, 7) is 7.54. The first-order valence-electron chi connectivity index (χ1n) is 7.31. The van der Waals surface area contributed by atoms with Gasteiger partial charge in [0, 0.05) is 38.4 Å². The second-order valence-corrected chi connectivity index (χ2v) is 5.40. The monoisotopic (exact) mass is 262 g/mol. The van der Waals surface area contributed by atoms with Crippen molar-refractivity contribution in [2.24, 2.45) is 0 Å². The SMILES string of the molecule is CCCc1cc(CNC)cc(N2CCN(C)CC2)n1. The van der Waals surface area contributed by atoms with Crippen LogP contribution in [0.1, 0.15) is 24.6 Å². The van der Waals surface area contributed by atoms with Crippen molar-refractivity contribution in [1.29, 1.82) is 0 Å². The lowest BCUT2D eigenvalue weighted by Crippen LogP contribution is -2.44. The van der Waals surface area contributed by atoms with Crippen molar-refractivity contribution in [2.75, 3.05) is 45.2 Å². The molecule has 0 radical (unpaired) electrons. The van der Waals surface area contributed by atoms with Crippen molar-refractivity contribution in [3.63, 3.8) is 0 Å². The van der Waals surface area contributed by atoms with E-state index in [-0.39, 0.29) is 0 Å². The maximum atomic E-state index is 4.83. The molecule has 1 aliphatic rings. The highest BCUT2D eigenvalue weighted by molar-refractivity contribution is 5.43. The molecule has 2 heterocycles. The lowest BCUT2D eigenvalue weighted by Gasteiger charge is -2.33. The zero-order valence-electron chi connectivity index (χ0n) is 12.4. The lowest BCUT2D eigenvalue weighted by atomic mass is 10.1. The van der Waals surface area contributed by atoms with Gasteiger partial charge in [-0.25, -0.2) is 4.98 Å². The molecule has 1 N–H and O–H groups in total. The molecule has 1 aromatic rings. The summed E-state index contributed by atoms with van der Waals surface area (Å²) < 4.78 is 0. The number of nitrogens with one attached hydrogen (secondary N) is 1. The summed E-state index contributed by atoms with van der Waals surface area (Å²) in [5, 5.41) is 3.24. The van der Waals surface area contributed by atoms with Gasteiger partial charge >= 0.3 is 0 Å². The lowest BCUT2D eigenvalue weighted by molar-refractivity contribution is 0.312. The number of piperazine rings is 1. The Kier molecular flexibility index (Phi) is 5.16. The molecule has 0 unspecified atom stereocenters. The Morgan fingerprint density at radius 3 is 2.58 bits per heavy atom. The second-order valence-electron chi connectivity index (χ2n) is 5.40. The first kappa shape index (κ1) is 14.3. The molecule has 1 saturated heterocycles. The molecule has 19 heavy (non-hydrogen) atoms. The molecule has 2 rings (SSSR count). The van der Waals surface area contributed by atoms with E-state index in [1.807, 2.05) is 7.05 Å². The molecular formula is C15H26N4. The number of hydrogen-bond donors (Lipinski definition) is 1. The zero-order valence-corrected chi connectivity index (χ0v) is 12.4. The number of aromatic nitrogens is 1. The Morgan fingerprint density at radius 2 is 1.95 bits per heavy atom. The van der Waals surface area contributed by atoms with Gasteiger partial charge in [-0.2, -0.15) is 0 Å². The first-order chi connectivity index (χ1) is 9.22. The second kappa shape index (κ2) is 6.87. The Morgan fingerprint density at radius 1 is 1.21 bits per heavy atom. The largest absolute Gasteiger partial charge is 0.354 e. The zero-order chi connectivity index (χ0) is 13.7. The van der Waals surface area contributed by atoms with Crippen LogP contribution in [0, 0.1) is 0 Å². The average Bonchev–Trinajstić information content (AvgIpc) is 2.40. The van der Waals surface area contributed by atoms with Gasteiger partial charge in [-0.1, -0.05) is 13.3 Å². The minimum atomic E-state index is 0.917. The van der Waals surface area contributed by atoms with Gasteiger partial charge in [-0.3, -0.25) is 0 Å². The molecular weight excluding hydrogens is 236 g/mol. The van der Waals surface area contributed by atoms with Gasteiger partial charge in [0.25, 0.3) is 0 Å². The van der Waals surface area contributed by atoms with Crippen LogP contribution in [0.4, 0.5) is 5.82 Å². The van der Waals surface area contributed by atoms with Crippen LogP contribution < -0.4 is 10.2 Å². The molecule has 1 fully saturated rings. The van der Waals surface area contributed by atoms with E-state index in [2.05, 4.69) is 41.2 Å². The molecule has 0 saturated carbocycles.